The summed E-state index contributed by atoms with van der Waals surface area (Å²) in [5.74, 6) is 1.56. The van der Waals surface area contributed by atoms with Gasteiger partial charge in [0.2, 0.25) is 5.91 Å². The van der Waals surface area contributed by atoms with Crippen molar-refractivity contribution in [2.24, 2.45) is 0 Å². The first-order chi connectivity index (χ1) is 12.7. The van der Waals surface area contributed by atoms with Gasteiger partial charge in [-0.2, -0.15) is 0 Å². The van der Waals surface area contributed by atoms with Gasteiger partial charge in [-0.3, -0.25) is 4.79 Å². The third-order valence-corrected chi connectivity index (χ3v) is 5.42. The number of nitrogens with zero attached hydrogens (tertiary/aromatic N) is 1. The molecule has 26 heavy (non-hydrogen) atoms. The van der Waals surface area contributed by atoms with E-state index in [0.29, 0.717) is 12.3 Å². The fraction of sp³-hybridized carbons (Fsp3) is 0.318. The van der Waals surface area contributed by atoms with Crippen molar-refractivity contribution in [3.63, 3.8) is 0 Å². The topological polar surface area (TPSA) is 45.3 Å². The number of benzene rings is 2. The van der Waals surface area contributed by atoms with Crippen molar-refractivity contribution in [2.75, 3.05) is 20.2 Å². The van der Waals surface area contributed by atoms with Crippen LogP contribution >= 0.6 is 0 Å². The molecular formula is C22H24N2O2. The first kappa shape index (κ1) is 16.7. The molecule has 4 heteroatoms. The molecule has 1 aliphatic rings. The van der Waals surface area contributed by atoms with E-state index < -0.39 is 0 Å². The lowest BCUT2D eigenvalue weighted by molar-refractivity contribution is -0.131. The number of aromatic amines is 1. The van der Waals surface area contributed by atoms with Crippen LogP contribution in [0.1, 0.15) is 29.9 Å². The van der Waals surface area contributed by atoms with Crippen molar-refractivity contribution in [3.8, 4) is 5.75 Å². The molecule has 1 saturated heterocycles. The number of aromatic nitrogens is 1. The molecule has 2 aromatic carbocycles. The predicted octanol–water partition coefficient (Wildman–Crippen LogP) is 4.13. The van der Waals surface area contributed by atoms with Gasteiger partial charge in [0.1, 0.15) is 5.75 Å². The van der Waals surface area contributed by atoms with E-state index >= 15 is 0 Å². The zero-order chi connectivity index (χ0) is 17.9. The number of hydrogen-bond donors (Lipinski definition) is 1. The lowest BCUT2D eigenvalue weighted by Gasteiger charge is -2.32. The average molecular weight is 348 g/mol. The molecule has 0 aliphatic carbocycles. The Hall–Kier alpha value is -2.75. The second-order valence-electron chi connectivity index (χ2n) is 6.97. The molecule has 1 aromatic heterocycles. The van der Waals surface area contributed by atoms with Gasteiger partial charge in [-0.15, -0.1) is 0 Å². The number of hydrogen-bond acceptors (Lipinski definition) is 2. The number of ether oxygens (including phenoxy) is 1. The SMILES string of the molecule is COc1ccc(CC(=O)N2CCC(c3c[nH]c4ccccc34)CC2)cc1. The summed E-state index contributed by atoms with van der Waals surface area (Å²) in [6, 6.07) is 16.2. The molecule has 0 saturated carbocycles. The number of carbonyl (C=O) groups excluding carboxylic acids is 1. The quantitative estimate of drug-likeness (QED) is 0.771. The van der Waals surface area contributed by atoms with Crippen LogP contribution in [0.15, 0.2) is 54.7 Å². The maximum Gasteiger partial charge on any atom is 0.226 e. The van der Waals surface area contributed by atoms with Gasteiger partial charge in [0, 0.05) is 30.2 Å². The summed E-state index contributed by atoms with van der Waals surface area (Å²) in [5.41, 5.74) is 3.62. The molecule has 4 rings (SSSR count). The second-order valence-corrected chi connectivity index (χ2v) is 6.97. The normalized spacial score (nSPS) is 15.3. The lowest BCUT2D eigenvalue weighted by atomic mass is 9.89. The van der Waals surface area contributed by atoms with Crippen LogP contribution in [0.3, 0.4) is 0 Å². The van der Waals surface area contributed by atoms with Crippen LogP contribution in [0.25, 0.3) is 10.9 Å². The van der Waals surface area contributed by atoms with Crippen molar-refractivity contribution < 1.29 is 9.53 Å². The van der Waals surface area contributed by atoms with Crippen LogP contribution in [-0.4, -0.2) is 36.0 Å². The van der Waals surface area contributed by atoms with Gasteiger partial charge in [0.05, 0.1) is 13.5 Å². The molecule has 0 unspecified atom stereocenters. The minimum Gasteiger partial charge on any atom is -0.497 e. The highest BCUT2D eigenvalue weighted by molar-refractivity contribution is 5.84. The number of amides is 1. The van der Waals surface area contributed by atoms with Gasteiger partial charge in [-0.1, -0.05) is 30.3 Å². The minimum atomic E-state index is 0.215. The van der Waals surface area contributed by atoms with E-state index in [1.165, 1.54) is 16.5 Å². The number of rotatable bonds is 4. The Kier molecular flexibility index (Phi) is 4.65. The van der Waals surface area contributed by atoms with Crippen molar-refractivity contribution >= 4 is 16.8 Å². The van der Waals surface area contributed by atoms with Crippen LogP contribution in [0.5, 0.6) is 5.75 Å². The van der Waals surface area contributed by atoms with Gasteiger partial charge < -0.3 is 14.6 Å². The Balaban J connectivity index is 1.37. The summed E-state index contributed by atoms with van der Waals surface area (Å²) in [7, 11) is 1.65. The summed E-state index contributed by atoms with van der Waals surface area (Å²) in [5, 5.41) is 1.32. The Labute approximate surface area is 153 Å². The Bertz CT molecular complexity index is 890. The number of H-pyrrole nitrogens is 1. The van der Waals surface area contributed by atoms with Gasteiger partial charge in [-0.05, 0) is 48.1 Å². The molecule has 1 N–H and O–H groups in total. The van der Waals surface area contributed by atoms with Gasteiger partial charge in [0.15, 0.2) is 0 Å². The summed E-state index contributed by atoms with van der Waals surface area (Å²) >= 11 is 0. The average Bonchev–Trinajstić information content (AvgIpc) is 3.13. The Morgan fingerprint density at radius 2 is 1.85 bits per heavy atom. The lowest BCUT2D eigenvalue weighted by Crippen LogP contribution is -2.38. The molecule has 0 radical (unpaired) electrons. The van der Waals surface area contributed by atoms with Crippen LogP contribution in [0, 0.1) is 0 Å². The highest BCUT2D eigenvalue weighted by Gasteiger charge is 2.25. The summed E-state index contributed by atoms with van der Waals surface area (Å²) < 4.78 is 5.17. The van der Waals surface area contributed by atoms with Crippen LogP contribution in [0.2, 0.25) is 0 Å². The molecule has 0 bridgehead atoms. The van der Waals surface area contributed by atoms with E-state index in [-0.39, 0.29) is 5.91 Å². The Morgan fingerprint density at radius 1 is 1.12 bits per heavy atom. The highest BCUT2D eigenvalue weighted by atomic mass is 16.5. The molecule has 134 valence electrons. The summed E-state index contributed by atoms with van der Waals surface area (Å²) in [6.45, 7) is 1.67. The molecule has 4 nitrogen and oxygen atoms in total. The maximum atomic E-state index is 12.6. The molecule has 0 atom stereocenters. The molecular weight excluding hydrogens is 324 g/mol. The van der Waals surface area contributed by atoms with E-state index in [4.69, 9.17) is 4.74 Å². The van der Waals surface area contributed by atoms with Crippen molar-refractivity contribution in [3.05, 3.63) is 65.9 Å². The van der Waals surface area contributed by atoms with E-state index in [0.717, 1.165) is 37.2 Å². The van der Waals surface area contributed by atoms with Gasteiger partial charge >= 0.3 is 0 Å². The third kappa shape index (κ3) is 3.32. The monoisotopic (exact) mass is 348 g/mol. The molecule has 1 aliphatic heterocycles. The maximum absolute atomic E-state index is 12.6. The fourth-order valence-corrected chi connectivity index (χ4v) is 3.90. The number of para-hydroxylation sites is 1. The van der Waals surface area contributed by atoms with E-state index in [1.807, 2.05) is 29.2 Å². The molecule has 2 heterocycles. The second kappa shape index (κ2) is 7.24. The molecule has 1 amide bonds. The fourth-order valence-electron chi connectivity index (χ4n) is 3.90. The highest BCUT2D eigenvalue weighted by Crippen LogP contribution is 2.33. The number of nitrogens with one attached hydrogen (secondary N) is 1. The van der Waals surface area contributed by atoms with Crippen LogP contribution < -0.4 is 4.74 Å². The van der Waals surface area contributed by atoms with Gasteiger partial charge in [0.25, 0.3) is 0 Å². The van der Waals surface area contributed by atoms with Gasteiger partial charge in [-0.25, -0.2) is 0 Å². The molecule has 0 spiro atoms. The smallest absolute Gasteiger partial charge is 0.226 e. The number of piperidine rings is 1. The Morgan fingerprint density at radius 3 is 2.58 bits per heavy atom. The summed E-state index contributed by atoms with van der Waals surface area (Å²) in [6.07, 6.45) is 4.65. The van der Waals surface area contributed by atoms with E-state index in [2.05, 4.69) is 35.4 Å². The van der Waals surface area contributed by atoms with Crippen molar-refractivity contribution in [1.82, 2.24) is 9.88 Å². The summed E-state index contributed by atoms with van der Waals surface area (Å²) in [4.78, 5) is 18.0. The zero-order valence-corrected chi connectivity index (χ0v) is 15.1. The standard InChI is InChI=1S/C22H24N2O2/c1-26-18-8-6-16(7-9-18)14-22(25)24-12-10-17(11-13-24)20-15-23-21-5-3-2-4-19(20)21/h2-9,15,17,23H,10-14H2,1H3. The number of likely N-dealkylation sites (tertiary alicyclic amines) is 1. The van der Waals surface area contributed by atoms with Crippen LogP contribution in [-0.2, 0) is 11.2 Å². The minimum absolute atomic E-state index is 0.215. The van der Waals surface area contributed by atoms with Crippen LogP contribution in [0.4, 0.5) is 0 Å². The largest absolute Gasteiger partial charge is 0.497 e. The van der Waals surface area contributed by atoms with Crippen molar-refractivity contribution in [1.29, 1.82) is 0 Å². The first-order valence-corrected chi connectivity index (χ1v) is 9.21. The molecule has 1 fully saturated rings. The van der Waals surface area contributed by atoms with Crippen molar-refractivity contribution in [2.45, 2.75) is 25.2 Å². The predicted molar refractivity (Wildman–Crippen MR) is 104 cm³/mol. The molecule has 3 aromatic rings. The van der Waals surface area contributed by atoms with E-state index in [9.17, 15) is 4.79 Å². The third-order valence-electron chi connectivity index (χ3n) is 5.42. The number of methoxy groups -OCH3 is 1. The number of fused-ring (bicyclic) bond motifs is 1. The first-order valence-electron chi connectivity index (χ1n) is 9.21. The number of carbonyl (C=O) groups is 1. The van der Waals surface area contributed by atoms with E-state index in [1.54, 1.807) is 7.11 Å². The zero-order valence-electron chi connectivity index (χ0n) is 15.1.